The third kappa shape index (κ3) is 6.52. The zero-order chi connectivity index (χ0) is 17.1. The van der Waals surface area contributed by atoms with Crippen molar-refractivity contribution in [3.05, 3.63) is 35.9 Å². The molecule has 1 saturated heterocycles. The van der Waals surface area contributed by atoms with Gasteiger partial charge in [-0.25, -0.2) is 0 Å². The lowest BCUT2D eigenvalue weighted by Crippen LogP contribution is -2.41. The minimum atomic E-state index is 0.165. The van der Waals surface area contributed by atoms with E-state index in [2.05, 4.69) is 17.0 Å². The lowest BCUT2D eigenvalue weighted by molar-refractivity contribution is 0.0501. The Morgan fingerprint density at radius 3 is 2.25 bits per heavy atom. The maximum absolute atomic E-state index is 9.27. The number of benzene rings is 1. The van der Waals surface area contributed by atoms with Gasteiger partial charge in [-0.3, -0.25) is 0 Å². The number of aliphatic hydroxyl groups excluding tert-OH is 2. The molecule has 1 aromatic rings. The Balaban J connectivity index is 1.54. The first-order valence-electron chi connectivity index (χ1n) is 9.34. The molecule has 4 nitrogen and oxygen atoms in total. The van der Waals surface area contributed by atoms with Crippen molar-refractivity contribution >= 4 is 0 Å². The zero-order valence-corrected chi connectivity index (χ0v) is 14.8. The summed E-state index contributed by atoms with van der Waals surface area (Å²) >= 11 is 0. The molecule has 0 unspecified atom stereocenters. The van der Waals surface area contributed by atoms with Crippen LogP contribution in [0.15, 0.2) is 30.3 Å². The van der Waals surface area contributed by atoms with Crippen LogP contribution in [0.4, 0.5) is 0 Å². The normalized spacial score (nSPS) is 17.9. The first-order chi connectivity index (χ1) is 11.8. The summed E-state index contributed by atoms with van der Waals surface area (Å²) in [5.41, 5.74) is 1.40. The molecule has 0 aromatic heterocycles. The second-order valence-corrected chi connectivity index (χ2v) is 7.03. The lowest BCUT2D eigenvalue weighted by Gasteiger charge is -2.41. The van der Waals surface area contributed by atoms with Gasteiger partial charge in [-0.1, -0.05) is 30.3 Å². The number of hydrogen-bond donors (Lipinski definition) is 2. The molecule has 136 valence electrons. The number of aliphatic hydroxyl groups is 2. The van der Waals surface area contributed by atoms with Crippen LogP contribution in [0.3, 0.4) is 0 Å². The van der Waals surface area contributed by atoms with Gasteiger partial charge in [-0.2, -0.15) is 0 Å². The van der Waals surface area contributed by atoms with Gasteiger partial charge in [0.15, 0.2) is 0 Å². The summed E-state index contributed by atoms with van der Waals surface area (Å²) < 4.78 is 5.73. The zero-order valence-electron chi connectivity index (χ0n) is 14.8. The first-order valence-corrected chi connectivity index (χ1v) is 9.34. The van der Waals surface area contributed by atoms with Gasteiger partial charge in [-0.15, -0.1) is 0 Å². The fourth-order valence-electron chi connectivity index (χ4n) is 3.65. The van der Waals surface area contributed by atoms with Crippen molar-refractivity contribution in [2.24, 2.45) is 5.41 Å². The Morgan fingerprint density at radius 2 is 1.62 bits per heavy atom. The first kappa shape index (κ1) is 19.4. The van der Waals surface area contributed by atoms with Crippen LogP contribution in [0.25, 0.3) is 0 Å². The smallest absolute Gasteiger partial charge is 0.0716 e. The average Bonchev–Trinajstić information content (AvgIpc) is 2.61. The summed E-state index contributed by atoms with van der Waals surface area (Å²) in [4.78, 5) is 2.52. The van der Waals surface area contributed by atoms with E-state index >= 15 is 0 Å². The van der Waals surface area contributed by atoms with Crippen LogP contribution in [-0.4, -0.2) is 54.6 Å². The van der Waals surface area contributed by atoms with Crippen LogP contribution < -0.4 is 0 Å². The van der Waals surface area contributed by atoms with Crippen LogP contribution in [-0.2, 0) is 11.3 Å². The minimum absolute atomic E-state index is 0.165. The van der Waals surface area contributed by atoms with Gasteiger partial charge < -0.3 is 19.8 Å². The fraction of sp³-hybridized carbons (Fsp3) is 0.700. The standard InChI is InChI=1S/C20H33NO3/c22-15-10-20(11-16-23)8-13-21(14-9-20)12-4-5-17-24-18-19-6-2-1-3-7-19/h1-3,6-7,22-23H,4-5,8-18H2. The van der Waals surface area contributed by atoms with Crippen molar-refractivity contribution in [3.8, 4) is 0 Å². The SMILES string of the molecule is OCCC1(CCO)CCN(CCCCOCc2ccccc2)CC1. The molecule has 2 N–H and O–H groups in total. The highest BCUT2D eigenvalue weighted by Gasteiger charge is 2.33. The molecule has 4 heteroatoms. The predicted octanol–water partition coefficient (Wildman–Crippen LogP) is 2.83. The highest BCUT2D eigenvalue weighted by Crippen LogP contribution is 2.37. The molecule has 0 spiro atoms. The van der Waals surface area contributed by atoms with E-state index < -0.39 is 0 Å². The molecular formula is C20H33NO3. The van der Waals surface area contributed by atoms with E-state index in [0.717, 1.165) is 58.3 Å². The number of ether oxygens (including phenoxy) is 1. The molecule has 2 rings (SSSR count). The number of rotatable bonds is 11. The van der Waals surface area contributed by atoms with Crippen LogP contribution >= 0.6 is 0 Å². The van der Waals surface area contributed by atoms with Crippen molar-refractivity contribution in [1.82, 2.24) is 4.90 Å². The summed E-state index contributed by atoms with van der Waals surface area (Å²) in [6, 6.07) is 10.3. The Hall–Kier alpha value is -0.940. The maximum Gasteiger partial charge on any atom is 0.0716 e. The molecule has 0 bridgehead atoms. The molecule has 24 heavy (non-hydrogen) atoms. The second kappa shape index (κ2) is 10.8. The Labute approximate surface area is 146 Å². The summed E-state index contributed by atoms with van der Waals surface area (Å²) in [6.07, 6.45) is 6.12. The van der Waals surface area contributed by atoms with Crippen molar-refractivity contribution in [1.29, 1.82) is 0 Å². The van der Waals surface area contributed by atoms with Crippen LogP contribution in [0.1, 0.15) is 44.1 Å². The largest absolute Gasteiger partial charge is 0.396 e. The van der Waals surface area contributed by atoms with Crippen molar-refractivity contribution in [3.63, 3.8) is 0 Å². The molecule has 1 aromatic carbocycles. The van der Waals surface area contributed by atoms with E-state index in [4.69, 9.17) is 4.74 Å². The molecule has 0 aliphatic carbocycles. The van der Waals surface area contributed by atoms with Gasteiger partial charge in [0.25, 0.3) is 0 Å². The number of piperidine rings is 1. The van der Waals surface area contributed by atoms with Gasteiger partial charge >= 0.3 is 0 Å². The number of nitrogens with zero attached hydrogens (tertiary/aromatic N) is 1. The molecular weight excluding hydrogens is 302 g/mol. The number of unbranched alkanes of at least 4 members (excludes halogenated alkanes) is 1. The molecule has 0 radical (unpaired) electrons. The highest BCUT2D eigenvalue weighted by molar-refractivity contribution is 5.13. The maximum atomic E-state index is 9.27. The van der Waals surface area contributed by atoms with E-state index in [1.807, 2.05) is 18.2 Å². The van der Waals surface area contributed by atoms with Crippen LogP contribution in [0, 0.1) is 5.41 Å². The van der Waals surface area contributed by atoms with Crippen LogP contribution in [0.5, 0.6) is 0 Å². The van der Waals surface area contributed by atoms with Gasteiger partial charge in [0.05, 0.1) is 6.61 Å². The van der Waals surface area contributed by atoms with Crippen molar-refractivity contribution < 1.29 is 14.9 Å². The summed E-state index contributed by atoms with van der Waals surface area (Å²) in [6.45, 7) is 5.30. The minimum Gasteiger partial charge on any atom is -0.396 e. The number of hydrogen-bond acceptors (Lipinski definition) is 4. The predicted molar refractivity (Wildman–Crippen MR) is 96.8 cm³/mol. The molecule has 1 aliphatic heterocycles. The lowest BCUT2D eigenvalue weighted by atomic mass is 9.73. The molecule has 0 amide bonds. The number of likely N-dealkylation sites (tertiary alicyclic amines) is 1. The average molecular weight is 335 g/mol. The van der Waals surface area contributed by atoms with Gasteiger partial charge in [-0.05, 0) is 69.1 Å². The highest BCUT2D eigenvalue weighted by atomic mass is 16.5. The topological polar surface area (TPSA) is 52.9 Å². The second-order valence-electron chi connectivity index (χ2n) is 7.03. The van der Waals surface area contributed by atoms with Crippen LogP contribution in [0.2, 0.25) is 0 Å². The Kier molecular flexibility index (Phi) is 8.75. The summed E-state index contributed by atoms with van der Waals surface area (Å²) in [7, 11) is 0. The van der Waals surface area contributed by atoms with E-state index in [1.165, 1.54) is 12.0 Å². The molecule has 1 heterocycles. The molecule has 1 fully saturated rings. The summed E-state index contributed by atoms with van der Waals surface area (Å²) in [5, 5.41) is 18.5. The Morgan fingerprint density at radius 1 is 0.958 bits per heavy atom. The van der Waals surface area contributed by atoms with E-state index in [9.17, 15) is 10.2 Å². The summed E-state index contributed by atoms with van der Waals surface area (Å²) in [5.74, 6) is 0. The molecule has 0 saturated carbocycles. The third-order valence-corrected chi connectivity index (χ3v) is 5.33. The quantitative estimate of drug-likeness (QED) is 0.611. The molecule has 0 atom stereocenters. The fourth-order valence-corrected chi connectivity index (χ4v) is 3.65. The van der Waals surface area contributed by atoms with E-state index in [1.54, 1.807) is 0 Å². The van der Waals surface area contributed by atoms with E-state index in [0.29, 0.717) is 6.61 Å². The Bertz CT molecular complexity index is 422. The van der Waals surface area contributed by atoms with Gasteiger partial charge in [0, 0.05) is 19.8 Å². The molecule has 1 aliphatic rings. The van der Waals surface area contributed by atoms with Crippen molar-refractivity contribution in [2.75, 3.05) is 39.5 Å². The third-order valence-electron chi connectivity index (χ3n) is 5.33. The van der Waals surface area contributed by atoms with Gasteiger partial charge in [0.2, 0.25) is 0 Å². The van der Waals surface area contributed by atoms with Crippen molar-refractivity contribution in [2.45, 2.75) is 45.1 Å². The van der Waals surface area contributed by atoms with Gasteiger partial charge in [0.1, 0.15) is 0 Å². The monoisotopic (exact) mass is 335 g/mol. The van der Waals surface area contributed by atoms with E-state index in [-0.39, 0.29) is 18.6 Å².